The maximum atomic E-state index is 11.0. The fourth-order valence-electron chi connectivity index (χ4n) is 3.90. The van der Waals surface area contributed by atoms with Crippen LogP contribution in [-0.4, -0.2) is 32.5 Å². The fourth-order valence-corrected chi connectivity index (χ4v) is 3.90. The van der Waals surface area contributed by atoms with Gasteiger partial charge in [0.2, 0.25) is 0 Å². The second-order valence-electron chi connectivity index (χ2n) is 6.35. The van der Waals surface area contributed by atoms with Gasteiger partial charge >= 0.3 is 5.97 Å². The summed E-state index contributed by atoms with van der Waals surface area (Å²) in [7, 11) is 0. The number of fused-ring (bicyclic) bond motifs is 1. The monoisotopic (exact) mass is 266 g/mol. The van der Waals surface area contributed by atoms with E-state index in [1.807, 2.05) is 6.92 Å². The number of aliphatic carboxylic acids is 1. The fraction of sp³-hybridized carbons (Fsp3) is 0.667. The molecule has 2 aliphatic rings. The van der Waals surface area contributed by atoms with E-state index >= 15 is 0 Å². The molecule has 19 heavy (non-hydrogen) atoms. The molecule has 0 aliphatic heterocycles. The topological polar surface area (TPSA) is 77.8 Å². The third-order valence-electron chi connectivity index (χ3n) is 4.51. The Labute approximate surface area is 113 Å². The van der Waals surface area contributed by atoms with Crippen molar-refractivity contribution < 1.29 is 20.1 Å². The number of carboxylic acid groups (broad SMARTS) is 1. The molecule has 2 aliphatic carbocycles. The van der Waals surface area contributed by atoms with Gasteiger partial charge in [0.1, 0.15) is 5.60 Å². The summed E-state index contributed by atoms with van der Waals surface area (Å²) in [6.07, 6.45) is 5.47. The molecule has 4 atom stereocenters. The Balaban J connectivity index is 2.48. The summed E-state index contributed by atoms with van der Waals surface area (Å²) in [4.78, 5) is 11.0. The summed E-state index contributed by atoms with van der Waals surface area (Å²) in [6.45, 7) is 5.15. The first-order chi connectivity index (χ1) is 8.66. The first-order valence-corrected chi connectivity index (χ1v) is 6.71. The van der Waals surface area contributed by atoms with Gasteiger partial charge in [-0.1, -0.05) is 5.57 Å². The lowest BCUT2D eigenvalue weighted by molar-refractivity contribution is -0.133. The molecule has 0 unspecified atom stereocenters. The van der Waals surface area contributed by atoms with E-state index in [0.717, 1.165) is 18.4 Å². The Morgan fingerprint density at radius 1 is 1.47 bits per heavy atom. The van der Waals surface area contributed by atoms with E-state index in [2.05, 4.69) is 0 Å². The Morgan fingerprint density at radius 3 is 2.68 bits per heavy atom. The smallest absolute Gasteiger partial charge is 0.331 e. The highest BCUT2D eigenvalue weighted by Gasteiger charge is 2.54. The minimum absolute atomic E-state index is 0.106. The molecule has 0 aromatic heterocycles. The molecule has 3 N–H and O–H groups in total. The molecule has 106 valence electrons. The van der Waals surface area contributed by atoms with Gasteiger partial charge in [-0.15, -0.1) is 0 Å². The zero-order valence-electron chi connectivity index (χ0n) is 11.7. The maximum absolute atomic E-state index is 11.0. The molecule has 0 saturated heterocycles. The molecule has 0 radical (unpaired) electrons. The van der Waals surface area contributed by atoms with E-state index in [1.165, 1.54) is 13.0 Å². The molecular weight excluding hydrogens is 244 g/mol. The quantitative estimate of drug-likeness (QED) is 0.527. The van der Waals surface area contributed by atoms with Crippen LogP contribution in [0.3, 0.4) is 0 Å². The van der Waals surface area contributed by atoms with E-state index in [4.69, 9.17) is 5.11 Å². The minimum Gasteiger partial charge on any atom is -0.478 e. The molecule has 2 rings (SSSR count). The molecule has 0 amide bonds. The summed E-state index contributed by atoms with van der Waals surface area (Å²) < 4.78 is 0. The van der Waals surface area contributed by atoms with Crippen LogP contribution in [0.4, 0.5) is 0 Å². The van der Waals surface area contributed by atoms with Crippen molar-refractivity contribution in [3.05, 3.63) is 23.3 Å². The Bertz CT molecular complexity index is 461. The van der Waals surface area contributed by atoms with Crippen molar-refractivity contribution in [2.24, 2.45) is 11.8 Å². The number of carboxylic acids is 1. The molecule has 1 saturated carbocycles. The first kappa shape index (κ1) is 14.3. The van der Waals surface area contributed by atoms with Crippen LogP contribution in [0.5, 0.6) is 0 Å². The van der Waals surface area contributed by atoms with E-state index in [0.29, 0.717) is 6.42 Å². The van der Waals surface area contributed by atoms with Crippen LogP contribution in [0.2, 0.25) is 0 Å². The standard InChI is InChI=1S/C15H22O4/c1-9-6-11-4-5-14(3,18)12(11)15(19,7-9)8-10(2)13(16)17/h7-8,11-12,18-19H,4-6H2,1-3H3,(H,16,17)/b10-8+/t11-,12-,14-,15+/m0/s1. The number of carbonyl (C=O) groups is 1. The number of hydrogen-bond acceptors (Lipinski definition) is 3. The van der Waals surface area contributed by atoms with Gasteiger partial charge in [-0.05, 0) is 58.1 Å². The van der Waals surface area contributed by atoms with Crippen LogP contribution in [0, 0.1) is 11.8 Å². The second kappa shape index (κ2) is 4.46. The molecule has 1 fully saturated rings. The summed E-state index contributed by atoms with van der Waals surface area (Å²) in [5.41, 5.74) is -1.16. The first-order valence-electron chi connectivity index (χ1n) is 6.71. The molecule has 0 spiro atoms. The summed E-state index contributed by atoms with van der Waals surface area (Å²) >= 11 is 0. The zero-order valence-corrected chi connectivity index (χ0v) is 11.7. The van der Waals surface area contributed by atoms with Gasteiger partial charge in [0, 0.05) is 11.5 Å². The van der Waals surface area contributed by atoms with Crippen LogP contribution in [0.25, 0.3) is 0 Å². The van der Waals surface area contributed by atoms with Crippen LogP contribution in [-0.2, 0) is 4.79 Å². The molecule has 4 nitrogen and oxygen atoms in total. The van der Waals surface area contributed by atoms with E-state index in [1.54, 1.807) is 13.0 Å². The molecule has 0 bridgehead atoms. The second-order valence-corrected chi connectivity index (χ2v) is 6.35. The predicted molar refractivity (Wildman–Crippen MR) is 71.6 cm³/mol. The third kappa shape index (κ3) is 2.47. The molecule has 0 heterocycles. The van der Waals surface area contributed by atoms with E-state index < -0.39 is 17.2 Å². The van der Waals surface area contributed by atoms with Gasteiger partial charge in [0.25, 0.3) is 0 Å². The third-order valence-corrected chi connectivity index (χ3v) is 4.51. The number of rotatable bonds is 2. The van der Waals surface area contributed by atoms with E-state index in [-0.39, 0.29) is 17.4 Å². The van der Waals surface area contributed by atoms with Gasteiger partial charge in [0.15, 0.2) is 0 Å². The average Bonchev–Trinajstić information content (AvgIpc) is 2.53. The number of allylic oxidation sites excluding steroid dienone is 1. The van der Waals surface area contributed by atoms with Crippen LogP contribution < -0.4 is 0 Å². The average molecular weight is 266 g/mol. The lowest BCUT2D eigenvalue weighted by Crippen LogP contribution is -2.50. The van der Waals surface area contributed by atoms with Gasteiger partial charge in [-0.2, -0.15) is 0 Å². The van der Waals surface area contributed by atoms with Crippen molar-refractivity contribution >= 4 is 5.97 Å². The molecule has 0 aromatic carbocycles. The van der Waals surface area contributed by atoms with Gasteiger partial charge in [-0.3, -0.25) is 0 Å². The van der Waals surface area contributed by atoms with Crippen LogP contribution in [0.15, 0.2) is 23.3 Å². The number of aliphatic hydroxyl groups is 2. The maximum Gasteiger partial charge on any atom is 0.331 e. The summed E-state index contributed by atoms with van der Waals surface area (Å²) in [6, 6.07) is 0. The van der Waals surface area contributed by atoms with Crippen molar-refractivity contribution in [2.75, 3.05) is 0 Å². The van der Waals surface area contributed by atoms with E-state index in [9.17, 15) is 15.0 Å². The van der Waals surface area contributed by atoms with Crippen LogP contribution in [0.1, 0.15) is 40.0 Å². The molecular formula is C15H22O4. The molecule has 0 aromatic rings. The SMILES string of the molecule is CC1=C[C@@](O)(/C=C(\C)C(=O)O)[C@H]2[C@@H](CC[C@]2(C)O)C1. The summed E-state index contributed by atoms with van der Waals surface area (Å²) in [5, 5.41) is 30.4. The minimum atomic E-state index is -1.37. The van der Waals surface area contributed by atoms with Crippen molar-refractivity contribution in [3.63, 3.8) is 0 Å². The van der Waals surface area contributed by atoms with Gasteiger partial charge in [-0.25, -0.2) is 4.79 Å². The Kier molecular flexibility index (Phi) is 3.35. The van der Waals surface area contributed by atoms with Crippen molar-refractivity contribution in [1.82, 2.24) is 0 Å². The van der Waals surface area contributed by atoms with Crippen LogP contribution >= 0.6 is 0 Å². The molecule has 4 heteroatoms. The zero-order chi connectivity index (χ0) is 14.4. The highest BCUT2D eigenvalue weighted by Crippen LogP contribution is 2.52. The Hall–Kier alpha value is -1.13. The largest absolute Gasteiger partial charge is 0.478 e. The van der Waals surface area contributed by atoms with Gasteiger partial charge in [0.05, 0.1) is 5.60 Å². The highest BCUT2D eigenvalue weighted by molar-refractivity contribution is 5.86. The van der Waals surface area contributed by atoms with Crippen molar-refractivity contribution in [1.29, 1.82) is 0 Å². The lowest BCUT2D eigenvalue weighted by atomic mass is 9.67. The van der Waals surface area contributed by atoms with Gasteiger partial charge < -0.3 is 15.3 Å². The Morgan fingerprint density at radius 2 is 2.11 bits per heavy atom. The van der Waals surface area contributed by atoms with Crippen molar-refractivity contribution in [3.8, 4) is 0 Å². The highest BCUT2D eigenvalue weighted by atomic mass is 16.4. The lowest BCUT2D eigenvalue weighted by Gasteiger charge is -2.43. The summed E-state index contributed by atoms with van der Waals surface area (Å²) in [5.74, 6) is -1.17. The normalized spacial score (nSPS) is 42.8. The van der Waals surface area contributed by atoms with Crippen molar-refractivity contribution in [2.45, 2.75) is 51.2 Å². The predicted octanol–water partition coefficient (Wildman–Crippen LogP) is 1.88. The number of hydrogen-bond donors (Lipinski definition) is 3.